The molecule has 0 bridgehead atoms. The van der Waals surface area contributed by atoms with E-state index in [4.69, 9.17) is 23.2 Å². The van der Waals surface area contributed by atoms with Crippen LogP contribution < -0.4 is 9.62 Å². The lowest BCUT2D eigenvalue weighted by molar-refractivity contribution is -0.117. The van der Waals surface area contributed by atoms with Crippen molar-refractivity contribution in [3.8, 4) is 0 Å². The number of carbonyl (C=O) groups excluding carboxylic acids is 1. The maximum atomic E-state index is 13.0. The standard InChI is InChI=1S/C18H20Cl2N2O3S2/c1-4-15(18(23)21-14-7-5-6-8-17(14)26-2)22(27(3,24)25)16-11-12(19)9-10-13(16)20/h5-11,15H,4H2,1-3H3,(H,21,23)/t15-/m1/s1. The summed E-state index contributed by atoms with van der Waals surface area (Å²) in [6.45, 7) is 1.74. The van der Waals surface area contributed by atoms with Crippen molar-refractivity contribution in [2.24, 2.45) is 0 Å². The highest BCUT2D eigenvalue weighted by Crippen LogP contribution is 2.33. The number of hydrogen-bond donors (Lipinski definition) is 1. The van der Waals surface area contributed by atoms with E-state index in [0.29, 0.717) is 10.7 Å². The third-order valence-corrected chi connectivity index (χ3v) is 6.36. The van der Waals surface area contributed by atoms with Crippen LogP contribution >= 0.6 is 35.0 Å². The fourth-order valence-corrected chi connectivity index (χ4v) is 4.85. The Morgan fingerprint density at radius 3 is 2.48 bits per heavy atom. The lowest BCUT2D eigenvalue weighted by Gasteiger charge is -2.31. The highest BCUT2D eigenvalue weighted by Gasteiger charge is 2.33. The highest BCUT2D eigenvalue weighted by atomic mass is 35.5. The quantitative estimate of drug-likeness (QED) is 0.614. The molecule has 1 atom stereocenters. The first-order chi connectivity index (χ1) is 12.7. The topological polar surface area (TPSA) is 66.5 Å². The van der Waals surface area contributed by atoms with E-state index in [1.807, 2.05) is 18.4 Å². The monoisotopic (exact) mass is 446 g/mol. The number of para-hydroxylation sites is 1. The zero-order chi connectivity index (χ0) is 20.2. The number of hydrogen-bond acceptors (Lipinski definition) is 4. The van der Waals surface area contributed by atoms with Gasteiger partial charge in [0.15, 0.2) is 0 Å². The molecule has 0 aliphatic rings. The molecule has 2 aromatic rings. The summed E-state index contributed by atoms with van der Waals surface area (Å²) in [7, 11) is -3.80. The average molecular weight is 447 g/mol. The summed E-state index contributed by atoms with van der Waals surface area (Å²) in [5.41, 5.74) is 0.797. The summed E-state index contributed by atoms with van der Waals surface area (Å²) in [5.74, 6) is -0.444. The maximum absolute atomic E-state index is 13.0. The van der Waals surface area contributed by atoms with Crippen LogP contribution in [0.25, 0.3) is 0 Å². The molecule has 0 saturated heterocycles. The minimum absolute atomic E-state index is 0.173. The molecule has 0 heterocycles. The predicted octanol–water partition coefficient (Wildman–Crippen LogP) is 4.90. The Hall–Kier alpha value is -1.41. The molecule has 2 aromatic carbocycles. The Labute approximate surface area is 174 Å². The molecule has 5 nitrogen and oxygen atoms in total. The van der Waals surface area contributed by atoms with Gasteiger partial charge in [-0.3, -0.25) is 9.10 Å². The Morgan fingerprint density at radius 1 is 1.22 bits per heavy atom. The van der Waals surface area contributed by atoms with Crippen LogP contribution in [0.4, 0.5) is 11.4 Å². The summed E-state index contributed by atoms with van der Waals surface area (Å²) in [6.07, 6.45) is 3.19. The number of nitrogens with one attached hydrogen (secondary N) is 1. The van der Waals surface area contributed by atoms with Crippen LogP contribution in [0.1, 0.15) is 13.3 Å². The van der Waals surface area contributed by atoms with Crippen LogP contribution in [0, 0.1) is 0 Å². The number of carbonyl (C=O) groups is 1. The Balaban J connectivity index is 2.46. The Morgan fingerprint density at radius 2 is 1.89 bits per heavy atom. The Bertz CT molecular complexity index is 936. The molecule has 0 fully saturated rings. The number of anilines is 2. The van der Waals surface area contributed by atoms with Crippen molar-refractivity contribution in [1.82, 2.24) is 0 Å². The first kappa shape index (κ1) is 21.9. The lowest BCUT2D eigenvalue weighted by Crippen LogP contribution is -2.47. The molecule has 9 heteroatoms. The van der Waals surface area contributed by atoms with E-state index in [-0.39, 0.29) is 17.1 Å². The first-order valence-corrected chi connectivity index (χ1v) is 11.9. The van der Waals surface area contributed by atoms with Gasteiger partial charge in [0, 0.05) is 9.92 Å². The molecule has 0 radical (unpaired) electrons. The van der Waals surface area contributed by atoms with Crippen LogP contribution in [0.3, 0.4) is 0 Å². The van der Waals surface area contributed by atoms with Gasteiger partial charge < -0.3 is 5.32 Å². The summed E-state index contributed by atoms with van der Waals surface area (Å²) >= 11 is 13.7. The van der Waals surface area contributed by atoms with Crippen molar-refractivity contribution in [2.45, 2.75) is 24.3 Å². The van der Waals surface area contributed by atoms with E-state index in [1.54, 1.807) is 25.1 Å². The summed E-state index contributed by atoms with van der Waals surface area (Å²) in [6, 6.07) is 10.8. The number of halogens is 2. The van der Waals surface area contributed by atoms with E-state index in [9.17, 15) is 13.2 Å². The molecule has 0 aliphatic carbocycles. The molecule has 27 heavy (non-hydrogen) atoms. The number of sulfonamides is 1. The molecule has 2 rings (SSSR count). The third-order valence-electron chi connectivity index (χ3n) is 3.84. The molecule has 0 unspecified atom stereocenters. The van der Waals surface area contributed by atoms with Crippen molar-refractivity contribution in [3.63, 3.8) is 0 Å². The van der Waals surface area contributed by atoms with Crippen molar-refractivity contribution < 1.29 is 13.2 Å². The maximum Gasteiger partial charge on any atom is 0.248 e. The number of rotatable bonds is 7. The SMILES string of the molecule is CC[C@H](C(=O)Nc1ccccc1SC)N(c1cc(Cl)ccc1Cl)S(C)(=O)=O. The largest absolute Gasteiger partial charge is 0.323 e. The fraction of sp³-hybridized carbons (Fsp3) is 0.278. The van der Waals surface area contributed by atoms with Crippen molar-refractivity contribution in [3.05, 3.63) is 52.5 Å². The third kappa shape index (κ3) is 5.31. The Kier molecular flexibility index (Phi) is 7.45. The molecule has 0 aliphatic heterocycles. The van der Waals surface area contributed by atoms with E-state index in [2.05, 4.69) is 5.32 Å². The minimum atomic E-state index is -3.80. The van der Waals surface area contributed by atoms with E-state index < -0.39 is 22.0 Å². The highest BCUT2D eigenvalue weighted by molar-refractivity contribution is 7.98. The van der Waals surface area contributed by atoms with Crippen LogP contribution in [0.5, 0.6) is 0 Å². The summed E-state index contributed by atoms with van der Waals surface area (Å²) in [5, 5.41) is 3.35. The van der Waals surface area contributed by atoms with Crippen molar-refractivity contribution in [2.75, 3.05) is 22.1 Å². The lowest BCUT2D eigenvalue weighted by atomic mass is 10.1. The van der Waals surface area contributed by atoms with Crippen molar-refractivity contribution >= 4 is 62.3 Å². The van der Waals surface area contributed by atoms with Crippen LogP contribution in [-0.4, -0.2) is 32.9 Å². The molecular formula is C18H20Cl2N2O3S2. The molecular weight excluding hydrogens is 427 g/mol. The van der Waals surface area contributed by atoms with E-state index in [1.165, 1.54) is 23.9 Å². The number of benzene rings is 2. The molecule has 1 N–H and O–H groups in total. The number of amides is 1. The second-order valence-electron chi connectivity index (χ2n) is 5.77. The van der Waals surface area contributed by atoms with Gasteiger partial charge in [0.25, 0.3) is 0 Å². The number of nitrogens with zero attached hydrogens (tertiary/aromatic N) is 1. The minimum Gasteiger partial charge on any atom is -0.323 e. The van der Waals surface area contributed by atoms with Gasteiger partial charge in [-0.25, -0.2) is 8.42 Å². The van der Waals surface area contributed by atoms with Gasteiger partial charge in [-0.2, -0.15) is 0 Å². The zero-order valence-electron chi connectivity index (χ0n) is 15.1. The van der Waals surface area contributed by atoms with E-state index >= 15 is 0 Å². The summed E-state index contributed by atoms with van der Waals surface area (Å²) < 4.78 is 26.1. The van der Waals surface area contributed by atoms with Gasteiger partial charge in [0.05, 0.1) is 22.7 Å². The van der Waals surface area contributed by atoms with Gasteiger partial charge in [-0.1, -0.05) is 42.3 Å². The van der Waals surface area contributed by atoms with Gasteiger partial charge in [0.2, 0.25) is 15.9 Å². The molecule has 0 spiro atoms. The smallest absolute Gasteiger partial charge is 0.248 e. The van der Waals surface area contributed by atoms with E-state index in [0.717, 1.165) is 15.5 Å². The first-order valence-electron chi connectivity index (χ1n) is 8.07. The van der Waals surface area contributed by atoms with Gasteiger partial charge in [-0.05, 0) is 43.0 Å². The fourth-order valence-electron chi connectivity index (χ4n) is 2.65. The molecule has 0 aromatic heterocycles. The molecule has 146 valence electrons. The average Bonchev–Trinajstić information content (AvgIpc) is 2.61. The van der Waals surface area contributed by atoms with Crippen molar-refractivity contribution in [1.29, 1.82) is 0 Å². The normalized spacial score (nSPS) is 12.5. The summed E-state index contributed by atoms with van der Waals surface area (Å²) in [4.78, 5) is 13.8. The van der Waals surface area contributed by atoms with Crippen LogP contribution in [0.2, 0.25) is 10.0 Å². The molecule has 0 saturated carbocycles. The zero-order valence-corrected chi connectivity index (χ0v) is 18.2. The second kappa shape index (κ2) is 9.19. The van der Waals surface area contributed by atoms with Crippen LogP contribution in [-0.2, 0) is 14.8 Å². The van der Waals surface area contributed by atoms with Gasteiger partial charge in [-0.15, -0.1) is 11.8 Å². The number of thioether (sulfide) groups is 1. The van der Waals surface area contributed by atoms with Gasteiger partial charge in [0.1, 0.15) is 6.04 Å². The molecule has 1 amide bonds. The van der Waals surface area contributed by atoms with Gasteiger partial charge >= 0.3 is 0 Å². The predicted molar refractivity (Wildman–Crippen MR) is 115 cm³/mol. The second-order valence-corrected chi connectivity index (χ2v) is 9.32. The van der Waals surface area contributed by atoms with Crippen LogP contribution in [0.15, 0.2) is 47.4 Å².